The lowest BCUT2D eigenvalue weighted by molar-refractivity contribution is 0.604. The molecule has 106 valence electrons. The third kappa shape index (κ3) is 5.15. The van der Waals surface area contributed by atoms with E-state index >= 15 is 0 Å². The molecule has 1 aromatic carbocycles. The largest absolute Gasteiger partial charge is 0.327 e. The fourth-order valence-corrected chi connectivity index (χ4v) is 1.71. The highest BCUT2D eigenvalue weighted by Gasteiger charge is 2.13. The summed E-state index contributed by atoms with van der Waals surface area (Å²) >= 11 is 0. The van der Waals surface area contributed by atoms with Crippen molar-refractivity contribution in [1.82, 2.24) is 0 Å². The first-order valence-corrected chi connectivity index (χ1v) is 6.04. The molecule has 4 heteroatoms. The number of benzene rings is 1. The molecule has 1 aromatic rings. The first-order valence-electron chi connectivity index (χ1n) is 6.04. The van der Waals surface area contributed by atoms with E-state index in [-0.39, 0.29) is 36.9 Å². The molecule has 0 aliphatic rings. The highest BCUT2D eigenvalue weighted by Crippen LogP contribution is 2.22. The molecule has 18 heavy (non-hydrogen) atoms. The summed E-state index contributed by atoms with van der Waals surface area (Å²) in [4.78, 5) is 0. The van der Waals surface area contributed by atoms with Crippen molar-refractivity contribution in [3.05, 3.63) is 35.4 Å². The van der Waals surface area contributed by atoms with E-state index in [0.29, 0.717) is 11.8 Å². The van der Waals surface area contributed by atoms with Crippen LogP contribution in [0.1, 0.15) is 50.7 Å². The van der Waals surface area contributed by atoms with Gasteiger partial charge < -0.3 is 11.5 Å². The molecule has 0 heterocycles. The second-order valence-electron chi connectivity index (χ2n) is 4.96. The zero-order chi connectivity index (χ0) is 12.3. The van der Waals surface area contributed by atoms with Crippen LogP contribution in [0.2, 0.25) is 0 Å². The van der Waals surface area contributed by atoms with Crippen LogP contribution in [0.15, 0.2) is 24.3 Å². The standard InChI is InChI=1S/C14H24N2.2ClH/c1-9(11(3)15)13-5-7-14(8-6-13)10(2)12(4)16;;/h5-12H,15-16H2,1-4H3;2*1H. The van der Waals surface area contributed by atoms with Crippen LogP contribution in [0.25, 0.3) is 0 Å². The molecule has 0 saturated heterocycles. The molecule has 0 aliphatic heterocycles. The third-order valence-electron chi connectivity index (χ3n) is 3.57. The number of rotatable bonds is 4. The number of hydrogen-bond donors (Lipinski definition) is 2. The van der Waals surface area contributed by atoms with Crippen LogP contribution in [-0.4, -0.2) is 12.1 Å². The molecule has 0 radical (unpaired) electrons. The molecule has 2 nitrogen and oxygen atoms in total. The van der Waals surface area contributed by atoms with Gasteiger partial charge in [-0.15, -0.1) is 24.8 Å². The Labute approximate surface area is 123 Å². The van der Waals surface area contributed by atoms with Crippen LogP contribution in [0.3, 0.4) is 0 Å². The Balaban J connectivity index is 0. The maximum atomic E-state index is 5.89. The molecule has 4 N–H and O–H groups in total. The molecule has 0 fully saturated rings. The van der Waals surface area contributed by atoms with Gasteiger partial charge in [0, 0.05) is 12.1 Å². The third-order valence-corrected chi connectivity index (χ3v) is 3.57. The molecule has 4 atom stereocenters. The number of nitrogens with two attached hydrogens (primary N) is 2. The van der Waals surface area contributed by atoms with Crippen LogP contribution in [0.5, 0.6) is 0 Å². The predicted octanol–water partition coefficient (Wildman–Crippen LogP) is 3.43. The lowest BCUT2D eigenvalue weighted by Crippen LogP contribution is -2.23. The van der Waals surface area contributed by atoms with Crippen molar-refractivity contribution in [1.29, 1.82) is 0 Å². The Kier molecular flexibility index (Phi) is 9.75. The van der Waals surface area contributed by atoms with Crippen molar-refractivity contribution < 1.29 is 0 Å². The molecular formula is C14H26Cl2N2. The van der Waals surface area contributed by atoms with Crippen LogP contribution < -0.4 is 11.5 Å². The molecule has 0 aromatic heterocycles. The maximum Gasteiger partial charge on any atom is 0.00766 e. The van der Waals surface area contributed by atoms with Crippen LogP contribution in [0.4, 0.5) is 0 Å². The van der Waals surface area contributed by atoms with Gasteiger partial charge in [0.15, 0.2) is 0 Å². The summed E-state index contributed by atoms with van der Waals surface area (Å²) in [6.07, 6.45) is 0. The quantitative estimate of drug-likeness (QED) is 0.893. The minimum atomic E-state index is 0. The van der Waals surface area contributed by atoms with Gasteiger partial charge in [0.2, 0.25) is 0 Å². The summed E-state index contributed by atoms with van der Waals surface area (Å²) in [5.74, 6) is 0.805. The molecule has 0 bridgehead atoms. The van der Waals surface area contributed by atoms with E-state index in [4.69, 9.17) is 11.5 Å². The molecular weight excluding hydrogens is 267 g/mol. The van der Waals surface area contributed by atoms with E-state index in [2.05, 4.69) is 38.1 Å². The Hall–Kier alpha value is -0.280. The minimum Gasteiger partial charge on any atom is -0.327 e. The van der Waals surface area contributed by atoms with E-state index in [9.17, 15) is 0 Å². The van der Waals surface area contributed by atoms with Crippen molar-refractivity contribution >= 4 is 24.8 Å². The first kappa shape index (κ1) is 20.0. The lowest BCUT2D eigenvalue weighted by atomic mass is 9.90. The highest BCUT2D eigenvalue weighted by molar-refractivity contribution is 5.85. The highest BCUT2D eigenvalue weighted by atomic mass is 35.5. The average molecular weight is 293 g/mol. The summed E-state index contributed by atoms with van der Waals surface area (Å²) in [5, 5.41) is 0. The van der Waals surface area contributed by atoms with E-state index in [1.807, 2.05) is 13.8 Å². The smallest absolute Gasteiger partial charge is 0.00766 e. The summed E-state index contributed by atoms with van der Waals surface area (Å²) in [6, 6.07) is 9.06. The normalized spacial score (nSPS) is 16.8. The van der Waals surface area contributed by atoms with E-state index in [1.54, 1.807) is 0 Å². The molecule has 4 unspecified atom stereocenters. The van der Waals surface area contributed by atoms with Gasteiger partial charge in [-0.3, -0.25) is 0 Å². The van der Waals surface area contributed by atoms with Gasteiger partial charge in [0.05, 0.1) is 0 Å². The fraction of sp³-hybridized carbons (Fsp3) is 0.571. The number of hydrogen-bond acceptors (Lipinski definition) is 2. The summed E-state index contributed by atoms with van der Waals surface area (Å²) in [5.41, 5.74) is 14.4. The van der Waals surface area contributed by atoms with Gasteiger partial charge >= 0.3 is 0 Å². The molecule has 1 rings (SSSR count). The summed E-state index contributed by atoms with van der Waals surface area (Å²) in [7, 11) is 0. The van der Waals surface area contributed by atoms with Gasteiger partial charge in [-0.1, -0.05) is 38.1 Å². The van der Waals surface area contributed by atoms with Gasteiger partial charge in [-0.25, -0.2) is 0 Å². The Bertz CT molecular complexity index is 290. The predicted molar refractivity (Wildman–Crippen MR) is 85.1 cm³/mol. The summed E-state index contributed by atoms with van der Waals surface area (Å²) in [6.45, 7) is 8.41. The van der Waals surface area contributed by atoms with Crippen molar-refractivity contribution in [2.24, 2.45) is 11.5 Å². The molecule has 0 aliphatic carbocycles. The van der Waals surface area contributed by atoms with Gasteiger partial charge in [-0.05, 0) is 36.8 Å². The van der Waals surface area contributed by atoms with Crippen molar-refractivity contribution in [3.63, 3.8) is 0 Å². The van der Waals surface area contributed by atoms with Crippen LogP contribution >= 0.6 is 24.8 Å². The van der Waals surface area contributed by atoms with Gasteiger partial charge in [0.25, 0.3) is 0 Å². The number of halogens is 2. The first-order chi connectivity index (χ1) is 7.43. The van der Waals surface area contributed by atoms with E-state index in [0.717, 1.165) is 0 Å². The van der Waals surface area contributed by atoms with Crippen molar-refractivity contribution in [3.8, 4) is 0 Å². The zero-order valence-corrected chi connectivity index (χ0v) is 13.2. The van der Waals surface area contributed by atoms with Crippen molar-refractivity contribution in [2.75, 3.05) is 0 Å². The second kappa shape index (κ2) is 8.76. The monoisotopic (exact) mass is 292 g/mol. The van der Waals surface area contributed by atoms with Gasteiger partial charge in [0.1, 0.15) is 0 Å². The fourth-order valence-electron chi connectivity index (χ4n) is 1.71. The maximum absolute atomic E-state index is 5.89. The Morgan fingerprint density at radius 2 is 0.889 bits per heavy atom. The SMILES string of the molecule is CC(N)C(C)c1ccc(C(C)C(C)N)cc1.Cl.Cl. The van der Waals surface area contributed by atoms with Crippen molar-refractivity contribution in [2.45, 2.75) is 51.6 Å². The van der Waals surface area contributed by atoms with E-state index in [1.165, 1.54) is 11.1 Å². The summed E-state index contributed by atoms with van der Waals surface area (Å²) < 4.78 is 0. The molecule has 0 spiro atoms. The van der Waals surface area contributed by atoms with Crippen LogP contribution in [-0.2, 0) is 0 Å². The van der Waals surface area contributed by atoms with E-state index < -0.39 is 0 Å². The van der Waals surface area contributed by atoms with Crippen LogP contribution in [0, 0.1) is 0 Å². The molecule has 0 amide bonds. The Morgan fingerprint density at radius 3 is 1.06 bits per heavy atom. The average Bonchev–Trinajstić information content (AvgIpc) is 2.27. The second-order valence-corrected chi connectivity index (χ2v) is 4.96. The Morgan fingerprint density at radius 1 is 0.667 bits per heavy atom. The topological polar surface area (TPSA) is 52.0 Å². The zero-order valence-electron chi connectivity index (χ0n) is 11.6. The van der Waals surface area contributed by atoms with Gasteiger partial charge in [-0.2, -0.15) is 0 Å². The minimum absolute atomic E-state index is 0. The lowest BCUT2D eigenvalue weighted by Gasteiger charge is -2.19. The molecule has 0 saturated carbocycles.